The Morgan fingerprint density at radius 2 is 1.78 bits per heavy atom. The fraction of sp³-hybridized carbons (Fsp3) is 0.438. The molecule has 1 rings (SSSR count). The minimum atomic E-state index is -0.193. The number of carbonyl (C=O) groups is 1. The van der Waals surface area contributed by atoms with Crippen molar-refractivity contribution in [1.29, 1.82) is 0 Å². The fourth-order valence-electron chi connectivity index (χ4n) is 1.78. The summed E-state index contributed by atoms with van der Waals surface area (Å²) in [6.07, 6.45) is 0.727. The van der Waals surface area contributed by atoms with Gasteiger partial charge >= 0.3 is 5.97 Å². The van der Waals surface area contributed by atoms with Crippen LogP contribution in [0.15, 0.2) is 41.5 Å². The van der Waals surface area contributed by atoms with Gasteiger partial charge in [-0.05, 0) is 39.7 Å². The Bertz CT molecular complexity index is 414. The molecule has 0 radical (unpaired) electrons. The van der Waals surface area contributed by atoms with Crippen LogP contribution in [0.3, 0.4) is 0 Å². The summed E-state index contributed by atoms with van der Waals surface area (Å²) in [5, 5.41) is 0. The van der Waals surface area contributed by atoms with E-state index in [-0.39, 0.29) is 11.9 Å². The number of esters is 1. The summed E-state index contributed by atoms with van der Waals surface area (Å²) in [5.41, 5.74) is 3.54. The van der Waals surface area contributed by atoms with E-state index in [2.05, 4.69) is 20.8 Å². The van der Waals surface area contributed by atoms with Crippen LogP contribution < -0.4 is 0 Å². The van der Waals surface area contributed by atoms with Gasteiger partial charge in [0.05, 0.1) is 12.5 Å². The SMILES string of the molecule is CCOC(=O)C(CC(C)=C(C)C)c1ccccc1. The maximum Gasteiger partial charge on any atom is 0.313 e. The highest BCUT2D eigenvalue weighted by atomic mass is 16.5. The molecule has 1 unspecified atom stereocenters. The lowest BCUT2D eigenvalue weighted by Crippen LogP contribution is -2.16. The van der Waals surface area contributed by atoms with E-state index >= 15 is 0 Å². The summed E-state index contributed by atoms with van der Waals surface area (Å²) < 4.78 is 5.18. The molecule has 0 aliphatic rings. The molecule has 0 saturated carbocycles. The van der Waals surface area contributed by atoms with Gasteiger partial charge in [-0.25, -0.2) is 0 Å². The molecule has 1 atom stereocenters. The lowest BCUT2D eigenvalue weighted by molar-refractivity contribution is -0.144. The highest BCUT2D eigenvalue weighted by Gasteiger charge is 2.22. The van der Waals surface area contributed by atoms with Crippen LogP contribution in [0.5, 0.6) is 0 Å². The van der Waals surface area contributed by atoms with Gasteiger partial charge in [-0.2, -0.15) is 0 Å². The summed E-state index contributed by atoms with van der Waals surface area (Å²) >= 11 is 0. The Kier molecular flexibility index (Phi) is 5.63. The maximum atomic E-state index is 12.1. The number of carbonyl (C=O) groups excluding carboxylic acids is 1. The monoisotopic (exact) mass is 246 g/mol. The molecular formula is C16H22O2. The Morgan fingerprint density at radius 3 is 2.28 bits per heavy atom. The largest absolute Gasteiger partial charge is 0.466 e. The topological polar surface area (TPSA) is 26.3 Å². The van der Waals surface area contributed by atoms with Crippen LogP contribution in [-0.4, -0.2) is 12.6 Å². The molecule has 0 aliphatic carbocycles. The number of hydrogen-bond acceptors (Lipinski definition) is 2. The van der Waals surface area contributed by atoms with Crippen molar-refractivity contribution in [2.75, 3.05) is 6.61 Å². The third-order valence-corrected chi connectivity index (χ3v) is 3.14. The zero-order valence-electron chi connectivity index (χ0n) is 11.7. The van der Waals surface area contributed by atoms with E-state index in [0.717, 1.165) is 12.0 Å². The number of rotatable bonds is 5. The molecule has 0 saturated heterocycles. The van der Waals surface area contributed by atoms with Gasteiger partial charge in [0.25, 0.3) is 0 Å². The molecule has 0 bridgehead atoms. The molecule has 0 fully saturated rings. The number of ether oxygens (including phenoxy) is 1. The summed E-state index contributed by atoms with van der Waals surface area (Å²) in [5.74, 6) is -0.328. The zero-order valence-corrected chi connectivity index (χ0v) is 11.7. The van der Waals surface area contributed by atoms with Crippen molar-refractivity contribution < 1.29 is 9.53 Å². The second-order valence-electron chi connectivity index (χ2n) is 4.70. The van der Waals surface area contributed by atoms with Gasteiger partial charge < -0.3 is 4.74 Å². The lowest BCUT2D eigenvalue weighted by Gasteiger charge is -2.17. The summed E-state index contributed by atoms with van der Waals surface area (Å²) in [6, 6.07) is 9.85. The first-order valence-corrected chi connectivity index (χ1v) is 6.40. The number of allylic oxidation sites excluding steroid dienone is 2. The highest BCUT2D eigenvalue weighted by molar-refractivity contribution is 5.78. The quantitative estimate of drug-likeness (QED) is 0.578. The predicted octanol–water partition coefficient (Wildman–Crippen LogP) is 4.08. The predicted molar refractivity (Wildman–Crippen MR) is 74.5 cm³/mol. The van der Waals surface area contributed by atoms with Crippen LogP contribution in [0.4, 0.5) is 0 Å². The van der Waals surface area contributed by atoms with Crippen molar-refractivity contribution >= 4 is 5.97 Å². The van der Waals surface area contributed by atoms with Crippen molar-refractivity contribution in [2.45, 2.75) is 40.0 Å². The van der Waals surface area contributed by atoms with E-state index in [0.29, 0.717) is 6.61 Å². The minimum Gasteiger partial charge on any atom is -0.466 e. The van der Waals surface area contributed by atoms with Crippen LogP contribution in [-0.2, 0) is 9.53 Å². The number of benzene rings is 1. The average molecular weight is 246 g/mol. The van der Waals surface area contributed by atoms with Crippen molar-refractivity contribution in [3.05, 3.63) is 47.0 Å². The van der Waals surface area contributed by atoms with Gasteiger partial charge in [0.15, 0.2) is 0 Å². The van der Waals surface area contributed by atoms with Crippen molar-refractivity contribution in [3.8, 4) is 0 Å². The molecule has 18 heavy (non-hydrogen) atoms. The van der Waals surface area contributed by atoms with Gasteiger partial charge in [0.1, 0.15) is 0 Å². The molecule has 0 aromatic heterocycles. The van der Waals surface area contributed by atoms with Crippen LogP contribution in [0.2, 0.25) is 0 Å². The Balaban J connectivity index is 2.96. The molecule has 2 heteroatoms. The van der Waals surface area contributed by atoms with Crippen molar-refractivity contribution in [3.63, 3.8) is 0 Å². The molecular weight excluding hydrogens is 224 g/mol. The van der Waals surface area contributed by atoms with Gasteiger partial charge in [-0.1, -0.05) is 41.5 Å². The summed E-state index contributed by atoms with van der Waals surface area (Å²) in [6.45, 7) is 8.49. The number of hydrogen-bond donors (Lipinski definition) is 0. The zero-order chi connectivity index (χ0) is 13.5. The first kappa shape index (κ1) is 14.5. The second-order valence-corrected chi connectivity index (χ2v) is 4.70. The smallest absolute Gasteiger partial charge is 0.313 e. The third-order valence-electron chi connectivity index (χ3n) is 3.14. The van der Waals surface area contributed by atoms with E-state index < -0.39 is 0 Å². The van der Waals surface area contributed by atoms with Crippen LogP contribution in [0.25, 0.3) is 0 Å². The molecule has 0 aliphatic heterocycles. The van der Waals surface area contributed by atoms with Gasteiger partial charge in [-0.3, -0.25) is 4.79 Å². The van der Waals surface area contributed by atoms with Gasteiger partial charge in [-0.15, -0.1) is 0 Å². The molecule has 1 aromatic rings. The van der Waals surface area contributed by atoms with Gasteiger partial charge in [0.2, 0.25) is 0 Å². The lowest BCUT2D eigenvalue weighted by atomic mass is 9.91. The highest BCUT2D eigenvalue weighted by Crippen LogP contribution is 2.26. The van der Waals surface area contributed by atoms with E-state index in [1.807, 2.05) is 37.3 Å². The third kappa shape index (κ3) is 4.02. The van der Waals surface area contributed by atoms with E-state index in [1.165, 1.54) is 11.1 Å². The molecule has 0 N–H and O–H groups in total. The normalized spacial score (nSPS) is 11.8. The molecule has 98 valence electrons. The van der Waals surface area contributed by atoms with Crippen LogP contribution in [0, 0.1) is 0 Å². The molecule has 2 nitrogen and oxygen atoms in total. The van der Waals surface area contributed by atoms with E-state index in [1.54, 1.807) is 0 Å². The average Bonchev–Trinajstić information content (AvgIpc) is 2.36. The maximum absolute atomic E-state index is 12.1. The first-order valence-electron chi connectivity index (χ1n) is 6.40. The Morgan fingerprint density at radius 1 is 1.17 bits per heavy atom. The molecule has 0 amide bonds. The first-order chi connectivity index (χ1) is 8.56. The fourth-order valence-corrected chi connectivity index (χ4v) is 1.78. The van der Waals surface area contributed by atoms with Crippen molar-refractivity contribution in [1.82, 2.24) is 0 Å². The summed E-state index contributed by atoms with van der Waals surface area (Å²) in [4.78, 5) is 12.1. The Hall–Kier alpha value is -1.57. The van der Waals surface area contributed by atoms with Gasteiger partial charge in [0, 0.05) is 0 Å². The summed E-state index contributed by atoms with van der Waals surface area (Å²) in [7, 11) is 0. The molecule has 0 spiro atoms. The van der Waals surface area contributed by atoms with Crippen molar-refractivity contribution in [2.24, 2.45) is 0 Å². The Labute approximate surface area is 110 Å². The van der Waals surface area contributed by atoms with Crippen LogP contribution >= 0.6 is 0 Å². The standard InChI is InChI=1S/C16H22O2/c1-5-18-16(17)15(11-13(4)12(2)3)14-9-7-6-8-10-14/h6-10,15H,5,11H2,1-4H3. The van der Waals surface area contributed by atoms with Crippen LogP contribution in [0.1, 0.15) is 45.6 Å². The van der Waals surface area contributed by atoms with E-state index in [9.17, 15) is 4.79 Å². The van der Waals surface area contributed by atoms with E-state index in [4.69, 9.17) is 4.74 Å². The molecule has 1 aromatic carbocycles. The molecule has 0 heterocycles. The second kappa shape index (κ2) is 7.00. The minimum absolute atomic E-state index is 0.135.